The summed E-state index contributed by atoms with van der Waals surface area (Å²) in [4.78, 5) is 31.6. The number of hydrogen-bond donors (Lipinski definition) is 2. The molecule has 0 saturated carbocycles. The minimum Gasteiger partial charge on any atom is -0.362 e. The Balaban J connectivity index is 1.15. The van der Waals surface area contributed by atoms with Gasteiger partial charge in [0.15, 0.2) is 5.82 Å². The normalized spacial score (nSPS) is 15.1. The summed E-state index contributed by atoms with van der Waals surface area (Å²) in [5.74, 6) is 1.15. The van der Waals surface area contributed by atoms with Crippen molar-refractivity contribution in [3.63, 3.8) is 0 Å². The zero-order chi connectivity index (χ0) is 28.2. The van der Waals surface area contributed by atoms with Gasteiger partial charge in [-0.2, -0.15) is 0 Å². The quantitative estimate of drug-likeness (QED) is 0.283. The van der Waals surface area contributed by atoms with E-state index in [9.17, 15) is 4.79 Å². The summed E-state index contributed by atoms with van der Waals surface area (Å²) in [6.07, 6.45) is 5.14. The SMILES string of the molecule is C[C@H](Nc1cncc(-n2cnc3ccc(NC(=O)c4ccc(CN5CCN(C)CC5)cc4)cc32)n1)c1ccccc1. The molecule has 0 bridgehead atoms. The number of rotatable bonds is 8. The highest BCUT2D eigenvalue weighted by Crippen LogP contribution is 2.23. The number of imidazole rings is 1. The highest BCUT2D eigenvalue weighted by Gasteiger charge is 2.15. The third kappa shape index (κ3) is 6.26. The first-order valence-corrected chi connectivity index (χ1v) is 13.9. The third-order valence-corrected chi connectivity index (χ3v) is 7.56. The molecule has 1 fully saturated rings. The predicted molar refractivity (Wildman–Crippen MR) is 162 cm³/mol. The molecule has 0 radical (unpaired) electrons. The number of carbonyl (C=O) groups is 1. The van der Waals surface area contributed by atoms with Crippen molar-refractivity contribution in [2.45, 2.75) is 19.5 Å². The molecule has 1 aliphatic rings. The molecular weight excluding hydrogens is 512 g/mol. The maximum Gasteiger partial charge on any atom is 0.255 e. The van der Waals surface area contributed by atoms with Crippen molar-refractivity contribution in [1.82, 2.24) is 29.3 Å². The fraction of sp³-hybridized carbons (Fsp3) is 0.250. The van der Waals surface area contributed by atoms with Gasteiger partial charge in [0.25, 0.3) is 5.91 Å². The lowest BCUT2D eigenvalue weighted by Gasteiger charge is -2.32. The minimum atomic E-state index is -0.151. The molecule has 0 unspecified atom stereocenters. The number of carbonyl (C=O) groups excluding carboxylic acids is 1. The first-order valence-electron chi connectivity index (χ1n) is 13.9. The predicted octanol–water partition coefficient (Wildman–Crippen LogP) is 4.99. The Morgan fingerprint density at radius 2 is 1.73 bits per heavy atom. The van der Waals surface area contributed by atoms with Gasteiger partial charge in [-0.3, -0.25) is 19.2 Å². The molecule has 0 spiro atoms. The lowest BCUT2D eigenvalue weighted by Crippen LogP contribution is -2.43. The van der Waals surface area contributed by atoms with Crippen molar-refractivity contribution in [3.8, 4) is 5.82 Å². The van der Waals surface area contributed by atoms with Crippen LogP contribution in [0.5, 0.6) is 0 Å². The van der Waals surface area contributed by atoms with Crippen molar-refractivity contribution in [2.24, 2.45) is 0 Å². The Morgan fingerprint density at radius 1 is 0.951 bits per heavy atom. The van der Waals surface area contributed by atoms with Crippen LogP contribution in [0.4, 0.5) is 11.5 Å². The Labute approximate surface area is 239 Å². The number of benzene rings is 3. The van der Waals surface area contributed by atoms with Crippen LogP contribution >= 0.6 is 0 Å². The van der Waals surface area contributed by atoms with Gasteiger partial charge in [0, 0.05) is 50.0 Å². The third-order valence-electron chi connectivity index (χ3n) is 7.56. The number of piperazine rings is 1. The molecule has 1 amide bonds. The number of nitrogens with zero attached hydrogens (tertiary/aromatic N) is 6. The van der Waals surface area contributed by atoms with Crippen molar-refractivity contribution < 1.29 is 4.79 Å². The molecule has 9 heteroatoms. The molecule has 1 atom stereocenters. The largest absolute Gasteiger partial charge is 0.362 e. The van der Waals surface area contributed by atoms with E-state index in [2.05, 4.69) is 56.5 Å². The van der Waals surface area contributed by atoms with E-state index in [1.54, 1.807) is 18.7 Å². The molecule has 1 saturated heterocycles. The van der Waals surface area contributed by atoms with Crippen molar-refractivity contribution in [1.29, 1.82) is 0 Å². The molecule has 2 aromatic heterocycles. The van der Waals surface area contributed by atoms with Gasteiger partial charge in [0.1, 0.15) is 12.1 Å². The van der Waals surface area contributed by atoms with E-state index in [1.807, 2.05) is 65.2 Å². The number of aromatic nitrogens is 4. The number of fused-ring (bicyclic) bond motifs is 1. The van der Waals surface area contributed by atoms with Gasteiger partial charge in [0.05, 0.1) is 23.4 Å². The molecule has 6 rings (SSSR count). The lowest BCUT2D eigenvalue weighted by molar-refractivity contribution is 0.102. The number of likely N-dealkylation sites (N-methyl/N-ethyl adjacent to an activating group) is 1. The highest BCUT2D eigenvalue weighted by molar-refractivity contribution is 6.05. The van der Waals surface area contributed by atoms with Gasteiger partial charge in [-0.15, -0.1) is 0 Å². The topological polar surface area (TPSA) is 91.2 Å². The average molecular weight is 547 g/mol. The first-order chi connectivity index (χ1) is 20.0. The number of hydrogen-bond acceptors (Lipinski definition) is 7. The molecule has 5 aromatic rings. The van der Waals surface area contributed by atoms with E-state index < -0.39 is 0 Å². The van der Waals surface area contributed by atoms with Crippen LogP contribution in [-0.4, -0.2) is 68.5 Å². The van der Waals surface area contributed by atoms with Gasteiger partial charge in [0.2, 0.25) is 0 Å². The summed E-state index contributed by atoms with van der Waals surface area (Å²) in [5, 5.41) is 6.46. The Hall–Kier alpha value is -4.60. The second kappa shape index (κ2) is 11.9. The van der Waals surface area contributed by atoms with Crippen LogP contribution < -0.4 is 10.6 Å². The number of amides is 1. The van der Waals surface area contributed by atoms with E-state index in [-0.39, 0.29) is 11.9 Å². The van der Waals surface area contributed by atoms with Gasteiger partial charge in [-0.05, 0) is 55.4 Å². The van der Waals surface area contributed by atoms with Crippen molar-refractivity contribution in [2.75, 3.05) is 43.9 Å². The van der Waals surface area contributed by atoms with E-state index in [0.717, 1.165) is 49.3 Å². The molecule has 3 heterocycles. The minimum absolute atomic E-state index is 0.0722. The number of anilines is 2. The van der Waals surface area contributed by atoms with E-state index in [1.165, 1.54) is 5.56 Å². The summed E-state index contributed by atoms with van der Waals surface area (Å²) in [7, 11) is 2.16. The Kier molecular flexibility index (Phi) is 7.71. The maximum atomic E-state index is 13.1. The van der Waals surface area contributed by atoms with Crippen LogP contribution in [0.25, 0.3) is 16.9 Å². The van der Waals surface area contributed by atoms with Crippen LogP contribution in [-0.2, 0) is 6.54 Å². The molecular formula is C32H34N8O. The van der Waals surface area contributed by atoms with Gasteiger partial charge in [-0.1, -0.05) is 42.5 Å². The molecule has 2 N–H and O–H groups in total. The molecule has 208 valence electrons. The Morgan fingerprint density at radius 3 is 2.51 bits per heavy atom. The van der Waals surface area contributed by atoms with Crippen LogP contribution in [0, 0.1) is 0 Å². The molecule has 3 aromatic carbocycles. The molecule has 41 heavy (non-hydrogen) atoms. The van der Waals surface area contributed by atoms with Crippen molar-refractivity contribution >= 4 is 28.4 Å². The van der Waals surface area contributed by atoms with Crippen LogP contribution in [0.3, 0.4) is 0 Å². The standard InChI is InChI=1S/C32H34N8O/c1-23(25-6-4-3-5-7-25)35-30-19-33-20-31(37-30)40-22-34-28-13-12-27(18-29(28)40)36-32(41)26-10-8-24(9-11-26)21-39-16-14-38(2)15-17-39/h3-13,18-20,22-23H,14-17,21H2,1-2H3,(H,35,37)(H,36,41)/t23-/m0/s1. The van der Waals surface area contributed by atoms with Crippen LogP contribution in [0.2, 0.25) is 0 Å². The molecule has 1 aliphatic heterocycles. The lowest BCUT2D eigenvalue weighted by atomic mass is 10.1. The van der Waals surface area contributed by atoms with E-state index in [4.69, 9.17) is 4.98 Å². The fourth-order valence-electron chi connectivity index (χ4n) is 5.09. The van der Waals surface area contributed by atoms with Crippen molar-refractivity contribution in [3.05, 3.63) is 108 Å². The smallest absolute Gasteiger partial charge is 0.255 e. The number of nitrogens with one attached hydrogen (secondary N) is 2. The summed E-state index contributed by atoms with van der Waals surface area (Å²) in [5.41, 5.74) is 5.32. The Bertz CT molecular complexity index is 1630. The van der Waals surface area contributed by atoms with Gasteiger partial charge >= 0.3 is 0 Å². The van der Waals surface area contributed by atoms with Gasteiger partial charge < -0.3 is 15.5 Å². The van der Waals surface area contributed by atoms with Gasteiger partial charge in [-0.25, -0.2) is 9.97 Å². The molecule has 9 nitrogen and oxygen atoms in total. The fourth-order valence-corrected chi connectivity index (χ4v) is 5.09. The zero-order valence-corrected chi connectivity index (χ0v) is 23.4. The molecule has 0 aliphatic carbocycles. The summed E-state index contributed by atoms with van der Waals surface area (Å²) in [6.45, 7) is 7.31. The summed E-state index contributed by atoms with van der Waals surface area (Å²) < 4.78 is 1.88. The monoisotopic (exact) mass is 546 g/mol. The first kappa shape index (κ1) is 26.6. The van der Waals surface area contributed by atoms with Crippen LogP contribution in [0.1, 0.15) is 34.5 Å². The second-order valence-electron chi connectivity index (χ2n) is 10.6. The van der Waals surface area contributed by atoms with E-state index >= 15 is 0 Å². The average Bonchev–Trinajstić information content (AvgIpc) is 3.43. The highest BCUT2D eigenvalue weighted by atomic mass is 16.1. The maximum absolute atomic E-state index is 13.1. The zero-order valence-electron chi connectivity index (χ0n) is 23.4. The summed E-state index contributed by atoms with van der Waals surface area (Å²) >= 11 is 0. The van der Waals surface area contributed by atoms with E-state index in [0.29, 0.717) is 22.9 Å². The van der Waals surface area contributed by atoms with Crippen LogP contribution in [0.15, 0.2) is 91.5 Å². The second-order valence-corrected chi connectivity index (χ2v) is 10.6. The summed E-state index contributed by atoms with van der Waals surface area (Å²) in [6, 6.07) is 23.8.